The predicted molar refractivity (Wildman–Crippen MR) is 187 cm³/mol. The Kier molecular flexibility index (Phi) is 8.21. The lowest BCUT2D eigenvalue weighted by Crippen LogP contribution is -2.40. The highest BCUT2D eigenvalue weighted by Crippen LogP contribution is 2.37. The molecule has 4 N–H and O–H groups in total. The largest absolute Gasteiger partial charge is 0.382 e. The van der Waals surface area contributed by atoms with Crippen LogP contribution in [0.25, 0.3) is 45.0 Å². The maximum absolute atomic E-state index is 14.1. The number of fused-ring (bicyclic) bond motifs is 1. The predicted octanol–water partition coefficient (Wildman–Crippen LogP) is 4.71. The van der Waals surface area contributed by atoms with Crippen molar-refractivity contribution in [2.24, 2.45) is 11.7 Å². The Morgan fingerprint density at radius 2 is 1.63 bits per heavy atom. The van der Waals surface area contributed by atoms with E-state index < -0.39 is 11.5 Å². The van der Waals surface area contributed by atoms with Crippen LogP contribution < -0.4 is 17.0 Å². The van der Waals surface area contributed by atoms with Crippen molar-refractivity contribution in [1.82, 2.24) is 34.0 Å². The van der Waals surface area contributed by atoms with Gasteiger partial charge in [0, 0.05) is 59.7 Å². The number of anilines is 1. The Balaban J connectivity index is 1.31. The van der Waals surface area contributed by atoms with E-state index in [9.17, 15) is 14.4 Å². The van der Waals surface area contributed by atoms with Gasteiger partial charge in [0.2, 0.25) is 5.91 Å². The molecule has 7 rings (SSSR count). The SMILES string of the molecule is CC(C)C(=O)N1CCC(c2cc(-c3ccc(-c4nc(-c5cccnc5)n(-c5ccccc5)c(=O)c4C(N)=O)cc3)c3c(N)ncnn23)CC1. The fourth-order valence-electron chi connectivity index (χ4n) is 6.63. The molecule has 49 heavy (non-hydrogen) atoms. The highest BCUT2D eigenvalue weighted by Gasteiger charge is 2.29. The Labute approximate surface area is 282 Å². The number of primary amides is 1. The lowest BCUT2D eigenvalue weighted by molar-refractivity contribution is -0.135. The zero-order valence-electron chi connectivity index (χ0n) is 27.2. The summed E-state index contributed by atoms with van der Waals surface area (Å²) in [7, 11) is 0. The Bertz CT molecular complexity index is 2240. The number of carbonyl (C=O) groups excluding carboxylic acids is 2. The second kappa shape index (κ2) is 12.8. The number of likely N-dealkylation sites (tertiary alicyclic amines) is 1. The van der Waals surface area contributed by atoms with E-state index in [-0.39, 0.29) is 29.0 Å². The van der Waals surface area contributed by atoms with Crippen molar-refractivity contribution >= 4 is 23.1 Å². The minimum Gasteiger partial charge on any atom is -0.382 e. The van der Waals surface area contributed by atoms with Crippen LogP contribution in [0.3, 0.4) is 0 Å². The Morgan fingerprint density at radius 1 is 0.918 bits per heavy atom. The van der Waals surface area contributed by atoms with Crippen molar-refractivity contribution < 1.29 is 9.59 Å². The third-order valence-corrected chi connectivity index (χ3v) is 9.06. The van der Waals surface area contributed by atoms with Crippen LogP contribution in [0.2, 0.25) is 0 Å². The molecule has 5 heterocycles. The summed E-state index contributed by atoms with van der Waals surface area (Å²) in [4.78, 5) is 54.9. The summed E-state index contributed by atoms with van der Waals surface area (Å²) in [5, 5.41) is 4.56. The topological polar surface area (TPSA) is 167 Å². The molecule has 12 heteroatoms. The van der Waals surface area contributed by atoms with E-state index in [1.54, 1.807) is 48.8 Å². The summed E-state index contributed by atoms with van der Waals surface area (Å²) in [5.41, 5.74) is 16.7. The number of nitrogen functional groups attached to an aromatic ring is 1. The number of rotatable bonds is 7. The zero-order valence-corrected chi connectivity index (χ0v) is 27.2. The fraction of sp³-hybridized carbons (Fsp3) is 0.216. The first kappa shape index (κ1) is 31.4. The highest BCUT2D eigenvalue weighted by atomic mass is 16.2. The number of hydrogen-bond donors (Lipinski definition) is 2. The molecule has 0 saturated carbocycles. The van der Waals surface area contributed by atoms with Gasteiger partial charge in [0.05, 0.1) is 11.4 Å². The average molecular weight is 654 g/mol. The van der Waals surface area contributed by atoms with Crippen LogP contribution in [0.15, 0.2) is 96.3 Å². The van der Waals surface area contributed by atoms with Gasteiger partial charge in [0.1, 0.15) is 23.2 Å². The number of pyridine rings is 1. The van der Waals surface area contributed by atoms with Crippen LogP contribution in [0.4, 0.5) is 5.82 Å². The quantitative estimate of drug-likeness (QED) is 0.250. The molecule has 0 aliphatic carbocycles. The van der Waals surface area contributed by atoms with E-state index in [1.807, 2.05) is 53.6 Å². The molecule has 246 valence electrons. The van der Waals surface area contributed by atoms with Crippen LogP contribution in [0.5, 0.6) is 0 Å². The molecule has 12 nitrogen and oxygen atoms in total. The summed E-state index contributed by atoms with van der Waals surface area (Å²) in [6.45, 7) is 5.21. The molecule has 0 unspecified atom stereocenters. The van der Waals surface area contributed by atoms with Crippen molar-refractivity contribution in [2.45, 2.75) is 32.6 Å². The van der Waals surface area contributed by atoms with Gasteiger partial charge in [0.15, 0.2) is 5.82 Å². The smallest absolute Gasteiger partial charge is 0.271 e. The lowest BCUT2D eigenvalue weighted by Gasteiger charge is -2.33. The molecule has 0 spiro atoms. The minimum atomic E-state index is -0.881. The number of aromatic nitrogens is 6. The van der Waals surface area contributed by atoms with Crippen LogP contribution in [0, 0.1) is 5.92 Å². The number of nitrogens with two attached hydrogens (primary N) is 2. The van der Waals surface area contributed by atoms with Crippen LogP contribution in [0.1, 0.15) is 48.7 Å². The normalized spacial score (nSPS) is 13.7. The maximum atomic E-state index is 14.1. The molecule has 0 atom stereocenters. The van der Waals surface area contributed by atoms with Crippen molar-refractivity contribution in [3.63, 3.8) is 0 Å². The number of piperidine rings is 1. The van der Waals surface area contributed by atoms with Crippen molar-refractivity contribution in [2.75, 3.05) is 18.8 Å². The molecule has 0 bridgehead atoms. The van der Waals surface area contributed by atoms with Crippen molar-refractivity contribution in [3.05, 3.63) is 113 Å². The van der Waals surface area contributed by atoms with Gasteiger partial charge in [-0.15, -0.1) is 0 Å². The molecule has 1 aliphatic rings. The molecular weight excluding hydrogens is 618 g/mol. The summed E-state index contributed by atoms with van der Waals surface area (Å²) >= 11 is 0. The van der Waals surface area contributed by atoms with Gasteiger partial charge in [0.25, 0.3) is 11.5 Å². The van der Waals surface area contributed by atoms with Gasteiger partial charge < -0.3 is 16.4 Å². The van der Waals surface area contributed by atoms with E-state index in [2.05, 4.69) is 21.1 Å². The summed E-state index contributed by atoms with van der Waals surface area (Å²) in [5.74, 6) is 0.0941. The van der Waals surface area contributed by atoms with E-state index in [0.717, 1.165) is 29.7 Å². The van der Waals surface area contributed by atoms with Crippen LogP contribution in [-0.2, 0) is 4.79 Å². The zero-order chi connectivity index (χ0) is 34.2. The van der Waals surface area contributed by atoms with Gasteiger partial charge in [-0.1, -0.05) is 56.3 Å². The van der Waals surface area contributed by atoms with E-state index in [1.165, 1.54) is 10.9 Å². The van der Waals surface area contributed by atoms with Gasteiger partial charge in [-0.3, -0.25) is 23.9 Å². The molecular formula is C37H35N9O3. The number of hydrogen-bond acceptors (Lipinski definition) is 8. The second-order valence-electron chi connectivity index (χ2n) is 12.5. The lowest BCUT2D eigenvalue weighted by atomic mass is 9.92. The van der Waals surface area contributed by atoms with Crippen molar-refractivity contribution in [3.8, 4) is 39.5 Å². The molecule has 2 aromatic carbocycles. The molecule has 4 aromatic heterocycles. The van der Waals surface area contributed by atoms with Crippen LogP contribution in [-0.4, -0.2) is 58.9 Å². The van der Waals surface area contributed by atoms with Crippen molar-refractivity contribution in [1.29, 1.82) is 0 Å². The monoisotopic (exact) mass is 653 g/mol. The molecule has 1 aliphatic heterocycles. The van der Waals surface area contributed by atoms with E-state index in [0.29, 0.717) is 47.1 Å². The minimum absolute atomic E-state index is 0.0373. The standard InChI is InChI=1S/C37H35N9O3/c1-22(2)36(48)44-17-14-24(15-18-44)29-19-28(32-33(38)41-21-42-46(29)32)23-10-12-25(13-11-23)31-30(34(39)47)37(49)45(27-8-4-3-5-9-27)35(43-31)26-7-6-16-40-20-26/h3-13,16,19-22,24H,14-15,17-18H2,1-2H3,(H2,39,47)(H2,38,41,42). The van der Waals surface area contributed by atoms with Gasteiger partial charge in [-0.25, -0.2) is 14.5 Å². The first-order chi connectivity index (χ1) is 23.7. The number of carbonyl (C=O) groups is 2. The van der Waals surface area contributed by atoms with Gasteiger partial charge in [-0.2, -0.15) is 5.10 Å². The first-order valence-electron chi connectivity index (χ1n) is 16.2. The maximum Gasteiger partial charge on any atom is 0.271 e. The summed E-state index contributed by atoms with van der Waals surface area (Å²) in [6.07, 6.45) is 6.32. The van der Waals surface area contributed by atoms with Gasteiger partial charge >= 0.3 is 0 Å². The highest BCUT2D eigenvalue weighted by molar-refractivity contribution is 5.99. The number of para-hydroxylation sites is 1. The third-order valence-electron chi connectivity index (χ3n) is 9.06. The van der Waals surface area contributed by atoms with Gasteiger partial charge in [-0.05, 0) is 48.7 Å². The second-order valence-corrected chi connectivity index (χ2v) is 12.5. The number of amides is 2. The Morgan fingerprint density at radius 3 is 2.29 bits per heavy atom. The molecule has 0 radical (unpaired) electrons. The average Bonchev–Trinajstić information content (AvgIpc) is 3.52. The molecule has 1 saturated heterocycles. The molecule has 6 aromatic rings. The third kappa shape index (κ3) is 5.71. The summed E-state index contributed by atoms with van der Waals surface area (Å²) < 4.78 is 3.24. The van der Waals surface area contributed by atoms with Crippen LogP contribution >= 0.6 is 0 Å². The Hall–Kier alpha value is -6.17. The van der Waals surface area contributed by atoms with E-state index in [4.69, 9.17) is 16.5 Å². The number of benzene rings is 2. The first-order valence-corrected chi connectivity index (χ1v) is 16.2. The fourth-order valence-corrected chi connectivity index (χ4v) is 6.63. The molecule has 1 fully saturated rings. The number of nitrogens with zero attached hydrogens (tertiary/aromatic N) is 7. The van der Waals surface area contributed by atoms with E-state index >= 15 is 0 Å². The summed E-state index contributed by atoms with van der Waals surface area (Å²) in [6, 6.07) is 22.0. The molecule has 2 amide bonds.